The summed E-state index contributed by atoms with van der Waals surface area (Å²) in [5.41, 5.74) is 3.50. The number of carbonyl (C=O) groups is 2. The quantitative estimate of drug-likeness (QED) is 0.584. The van der Waals surface area contributed by atoms with Crippen molar-refractivity contribution in [2.24, 2.45) is 0 Å². The van der Waals surface area contributed by atoms with Crippen molar-refractivity contribution in [3.8, 4) is 10.6 Å². The van der Waals surface area contributed by atoms with Crippen LogP contribution in [0.25, 0.3) is 10.6 Å². The van der Waals surface area contributed by atoms with Gasteiger partial charge in [-0.15, -0.1) is 11.3 Å². The van der Waals surface area contributed by atoms with E-state index in [0.29, 0.717) is 12.1 Å². The smallest absolute Gasteiger partial charge is 0.273 e. The number of thiazole rings is 1. The molecule has 4 rings (SSSR count). The molecule has 2 aromatic carbocycles. The van der Waals surface area contributed by atoms with Crippen molar-refractivity contribution in [1.29, 1.82) is 0 Å². The van der Waals surface area contributed by atoms with Crippen molar-refractivity contribution in [2.45, 2.75) is 12.5 Å². The Balaban J connectivity index is 1.61. The van der Waals surface area contributed by atoms with Crippen LogP contribution in [0.5, 0.6) is 0 Å². The highest BCUT2D eigenvalue weighted by molar-refractivity contribution is 7.99. The zero-order valence-corrected chi connectivity index (χ0v) is 16.9. The topological polar surface area (TPSA) is 50.3 Å². The highest BCUT2D eigenvalue weighted by atomic mass is 32.2. The van der Waals surface area contributed by atoms with Crippen LogP contribution in [0.3, 0.4) is 0 Å². The van der Waals surface area contributed by atoms with Gasteiger partial charge >= 0.3 is 0 Å². The van der Waals surface area contributed by atoms with Crippen LogP contribution in [0.4, 0.5) is 0 Å². The number of hydrogen-bond acceptors (Lipinski definition) is 5. The minimum absolute atomic E-state index is 0.0236. The largest absolute Gasteiger partial charge is 0.329 e. The molecule has 3 aromatic rings. The van der Waals surface area contributed by atoms with Crippen LogP contribution in [0.2, 0.25) is 0 Å². The highest BCUT2D eigenvalue weighted by Crippen LogP contribution is 2.32. The number of aldehydes is 1. The van der Waals surface area contributed by atoms with E-state index in [2.05, 4.69) is 17.1 Å². The third-order valence-electron chi connectivity index (χ3n) is 4.85. The average molecular weight is 409 g/mol. The Labute approximate surface area is 172 Å². The van der Waals surface area contributed by atoms with Crippen molar-refractivity contribution in [3.05, 3.63) is 76.8 Å². The van der Waals surface area contributed by atoms with Crippen LogP contribution in [0.15, 0.2) is 60.0 Å². The molecule has 1 aliphatic heterocycles. The number of nitrogens with zero attached hydrogens (tertiary/aromatic N) is 2. The van der Waals surface area contributed by atoms with Gasteiger partial charge in [0.15, 0.2) is 0 Å². The normalized spacial score (nSPS) is 16.7. The second-order valence-electron chi connectivity index (χ2n) is 6.57. The fourth-order valence-electron chi connectivity index (χ4n) is 3.44. The molecule has 1 aromatic heterocycles. The lowest BCUT2D eigenvalue weighted by atomic mass is 10.1. The van der Waals surface area contributed by atoms with Gasteiger partial charge in [-0.2, -0.15) is 11.8 Å². The van der Waals surface area contributed by atoms with Crippen LogP contribution in [-0.4, -0.2) is 40.1 Å². The second kappa shape index (κ2) is 8.71. The van der Waals surface area contributed by atoms with E-state index in [1.807, 2.05) is 64.5 Å². The minimum Gasteiger partial charge on any atom is -0.329 e. The van der Waals surface area contributed by atoms with Crippen LogP contribution in [0.1, 0.15) is 27.7 Å². The van der Waals surface area contributed by atoms with Crippen molar-refractivity contribution in [2.75, 3.05) is 18.1 Å². The van der Waals surface area contributed by atoms with Gasteiger partial charge in [-0.05, 0) is 11.1 Å². The lowest BCUT2D eigenvalue weighted by molar-refractivity contribution is -0.107. The fraction of sp³-hybridized carbons (Fsp3) is 0.227. The van der Waals surface area contributed by atoms with E-state index < -0.39 is 0 Å². The van der Waals surface area contributed by atoms with Crippen molar-refractivity contribution < 1.29 is 9.59 Å². The number of benzene rings is 2. The van der Waals surface area contributed by atoms with E-state index in [-0.39, 0.29) is 11.9 Å². The third kappa shape index (κ3) is 3.88. The van der Waals surface area contributed by atoms with Gasteiger partial charge in [0.2, 0.25) is 0 Å². The molecule has 1 unspecified atom stereocenters. The van der Waals surface area contributed by atoms with Crippen molar-refractivity contribution in [3.63, 3.8) is 0 Å². The summed E-state index contributed by atoms with van der Waals surface area (Å²) >= 11 is 3.33. The summed E-state index contributed by atoms with van der Waals surface area (Å²) in [6, 6.07) is 18.0. The van der Waals surface area contributed by atoms with Gasteiger partial charge in [0.05, 0.1) is 6.04 Å². The van der Waals surface area contributed by atoms with Crippen LogP contribution < -0.4 is 0 Å². The first-order valence-electron chi connectivity index (χ1n) is 9.19. The molecule has 142 valence electrons. The number of hydrogen-bond donors (Lipinski definition) is 0. The molecular weight excluding hydrogens is 388 g/mol. The maximum atomic E-state index is 13.2. The molecule has 0 spiro atoms. The second-order valence-corrected chi connectivity index (χ2v) is 8.57. The summed E-state index contributed by atoms with van der Waals surface area (Å²) in [5, 5.41) is 2.61. The molecule has 0 radical (unpaired) electrons. The molecule has 0 aliphatic carbocycles. The lowest BCUT2D eigenvalue weighted by Crippen LogP contribution is -2.40. The van der Waals surface area contributed by atoms with Crippen LogP contribution >= 0.6 is 23.1 Å². The molecule has 2 heterocycles. The molecule has 1 aliphatic rings. The third-order valence-corrected chi connectivity index (χ3v) is 6.75. The molecule has 28 heavy (non-hydrogen) atoms. The Morgan fingerprint density at radius 2 is 1.93 bits per heavy atom. The number of aromatic nitrogens is 1. The highest BCUT2D eigenvalue weighted by Gasteiger charge is 2.30. The zero-order valence-electron chi connectivity index (χ0n) is 15.3. The van der Waals surface area contributed by atoms with Gasteiger partial charge in [-0.3, -0.25) is 4.79 Å². The number of amides is 1. The number of carbonyl (C=O) groups excluding carboxylic acids is 2. The van der Waals surface area contributed by atoms with Gasteiger partial charge in [-0.1, -0.05) is 54.6 Å². The first-order valence-corrected chi connectivity index (χ1v) is 11.2. The Morgan fingerprint density at radius 1 is 1.14 bits per heavy atom. The average Bonchev–Trinajstić information content (AvgIpc) is 3.24. The number of rotatable bonds is 5. The van der Waals surface area contributed by atoms with E-state index in [4.69, 9.17) is 0 Å². The summed E-state index contributed by atoms with van der Waals surface area (Å²) in [6.07, 6.45) is 1.24. The standard InChI is InChI=1S/C22H20N2O2S2/c25-12-10-16-6-4-5-9-18(16)21-23-19(14-28-21)22(26)24-11-13-27-15-20(24)17-7-2-1-3-8-17/h1-9,12,14,20H,10-11,13,15H2. The van der Waals surface area contributed by atoms with Crippen LogP contribution in [-0.2, 0) is 11.2 Å². The summed E-state index contributed by atoms with van der Waals surface area (Å²) in [6.45, 7) is 0.720. The molecule has 1 atom stereocenters. The summed E-state index contributed by atoms with van der Waals surface area (Å²) in [5.74, 6) is 1.81. The van der Waals surface area contributed by atoms with Crippen molar-refractivity contribution >= 4 is 35.3 Å². The Kier molecular flexibility index (Phi) is 5.88. The van der Waals surface area contributed by atoms with E-state index in [9.17, 15) is 9.59 Å². The van der Waals surface area contributed by atoms with E-state index in [1.165, 1.54) is 11.3 Å². The summed E-state index contributed by atoms with van der Waals surface area (Å²) < 4.78 is 0. The molecule has 1 fully saturated rings. The van der Waals surface area contributed by atoms with Gasteiger partial charge in [0, 0.05) is 35.4 Å². The Bertz CT molecular complexity index is 971. The molecule has 4 nitrogen and oxygen atoms in total. The van der Waals surface area contributed by atoms with Gasteiger partial charge in [-0.25, -0.2) is 4.98 Å². The van der Waals surface area contributed by atoms with Crippen LogP contribution in [0, 0.1) is 0 Å². The Morgan fingerprint density at radius 3 is 2.75 bits per heavy atom. The minimum atomic E-state index is -0.0236. The molecular formula is C22H20N2O2S2. The summed E-state index contributed by atoms with van der Waals surface area (Å²) in [7, 11) is 0. The fourth-order valence-corrected chi connectivity index (χ4v) is 5.38. The lowest BCUT2D eigenvalue weighted by Gasteiger charge is -2.35. The SMILES string of the molecule is O=CCc1ccccc1-c1nc(C(=O)N2CCSCC2c2ccccc2)cs1. The molecule has 6 heteroatoms. The van der Waals surface area contributed by atoms with E-state index in [0.717, 1.165) is 46.0 Å². The first-order chi connectivity index (χ1) is 13.8. The van der Waals surface area contributed by atoms with Gasteiger partial charge in [0.1, 0.15) is 17.0 Å². The van der Waals surface area contributed by atoms with Crippen molar-refractivity contribution in [1.82, 2.24) is 9.88 Å². The molecule has 1 saturated heterocycles. The number of thioether (sulfide) groups is 1. The first kappa shape index (κ1) is 18.9. The Hall–Kier alpha value is -2.44. The predicted molar refractivity (Wildman–Crippen MR) is 115 cm³/mol. The molecule has 1 amide bonds. The molecule has 0 saturated carbocycles. The molecule has 0 bridgehead atoms. The maximum absolute atomic E-state index is 13.2. The monoisotopic (exact) mass is 408 g/mol. The van der Waals surface area contributed by atoms with Gasteiger partial charge < -0.3 is 9.69 Å². The zero-order chi connectivity index (χ0) is 19.3. The predicted octanol–water partition coefficient (Wildman–Crippen LogP) is 4.48. The maximum Gasteiger partial charge on any atom is 0.273 e. The molecule has 0 N–H and O–H groups in total. The van der Waals surface area contributed by atoms with E-state index >= 15 is 0 Å². The van der Waals surface area contributed by atoms with E-state index in [1.54, 1.807) is 0 Å². The summed E-state index contributed by atoms with van der Waals surface area (Å²) in [4.78, 5) is 30.8. The van der Waals surface area contributed by atoms with Gasteiger partial charge in [0.25, 0.3) is 5.91 Å².